The summed E-state index contributed by atoms with van der Waals surface area (Å²) in [5.41, 5.74) is 8.19. The number of methoxy groups -OCH3 is 1. The SMILES string of the molecule is CCc1ccc(NC(N)=NCC(C)COc2ccccc2OC)cc1.I. The summed E-state index contributed by atoms with van der Waals surface area (Å²) < 4.78 is 11.1. The second kappa shape index (κ2) is 11.6. The summed E-state index contributed by atoms with van der Waals surface area (Å²) in [5.74, 6) is 2.11. The lowest BCUT2D eigenvalue weighted by atomic mass is 10.1. The molecular formula is C20H28IN3O2. The highest BCUT2D eigenvalue weighted by Gasteiger charge is 2.07. The van der Waals surface area contributed by atoms with Gasteiger partial charge in [0.15, 0.2) is 17.5 Å². The maximum atomic E-state index is 5.96. The van der Waals surface area contributed by atoms with Crippen molar-refractivity contribution in [2.75, 3.05) is 25.6 Å². The summed E-state index contributed by atoms with van der Waals surface area (Å²) in [6, 6.07) is 15.8. The maximum absolute atomic E-state index is 5.96. The van der Waals surface area contributed by atoms with E-state index in [0.717, 1.165) is 23.6 Å². The highest BCUT2D eigenvalue weighted by Crippen LogP contribution is 2.26. The molecule has 0 aliphatic rings. The molecule has 5 nitrogen and oxygen atoms in total. The number of benzene rings is 2. The van der Waals surface area contributed by atoms with Crippen LogP contribution in [0.25, 0.3) is 0 Å². The van der Waals surface area contributed by atoms with Gasteiger partial charge < -0.3 is 20.5 Å². The number of rotatable bonds is 8. The Balaban J connectivity index is 0.00000338. The van der Waals surface area contributed by atoms with Crippen molar-refractivity contribution in [3.05, 3.63) is 54.1 Å². The molecule has 0 saturated heterocycles. The molecule has 0 fully saturated rings. The topological polar surface area (TPSA) is 68.9 Å². The smallest absolute Gasteiger partial charge is 0.193 e. The average Bonchev–Trinajstić information content (AvgIpc) is 2.65. The summed E-state index contributed by atoms with van der Waals surface area (Å²) in [6.45, 7) is 5.33. The number of aliphatic imine (C=N–C) groups is 1. The van der Waals surface area contributed by atoms with Crippen molar-refractivity contribution in [3.8, 4) is 11.5 Å². The lowest BCUT2D eigenvalue weighted by Gasteiger charge is -2.14. The molecule has 142 valence electrons. The molecule has 0 aromatic heterocycles. The summed E-state index contributed by atoms with van der Waals surface area (Å²) in [6.07, 6.45) is 1.02. The lowest BCUT2D eigenvalue weighted by Crippen LogP contribution is -2.24. The number of hydrogen-bond acceptors (Lipinski definition) is 3. The van der Waals surface area contributed by atoms with Crippen LogP contribution >= 0.6 is 24.0 Å². The first-order valence-electron chi connectivity index (χ1n) is 8.54. The Morgan fingerprint density at radius 1 is 1.12 bits per heavy atom. The molecule has 1 atom stereocenters. The fourth-order valence-electron chi connectivity index (χ4n) is 2.29. The zero-order chi connectivity index (χ0) is 18.1. The Hall–Kier alpha value is -1.96. The largest absolute Gasteiger partial charge is 0.493 e. The molecule has 2 rings (SSSR count). The van der Waals surface area contributed by atoms with Crippen molar-refractivity contribution in [1.29, 1.82) is 0 Å². The van der Waals surface area contributed by atoms with E-state index in [4.69, 9.17) is 15.2 Å². The molecule has 0 radical (unpaired) electrons. The van der Waals surface area contributed by atoms with E-state index in [1.807, 2.05) is 36.4 Å². The third-order valence-corrected chi connectivity index (χ3v) is 3.80. The van der Waals surface area contributed by atoms with E-state index in [0.29, 0.717) is 19.1 Å². The van der Waals surface area contributed by atoms with Crippen molar-refractivity contribution < 1.29 is 9.47 Å². The fraction of sp³-hybridized carbons (Fsp3) is 0.350. The summed E-state index contributed by atoms with van der Waals surface area (Å²) in [5, 5.41) is 3.11. The molecule has 0 aliphatic heterocycles. The first kappa shape index (κ1) is 22.1. The van der Waals surface area contributed by atoms with Crippen molar-refractivity contribution in [2.45, 2.75) is 20.3 Å². The van der Waals surface area contributed by atoms with Gasteiger partial charge in [-0.25, -0.2) is 0 Å². The molecule has 0 bridgehead atoms. The van der Waals surface area contributed by atoms with Crippen LogP contribution in [0.3, 0.4) is 0 Å². The van der Waals surface area contributed by atoms with Crippen LogP contribution in [0.1, 0.15) is 19.4 Å². The van der Waals surface area contributed by atoms with Gasteiger partial charge in [-0.3, -0.25) is 4.99 Å². The van der Waals surface area contributed by atoms with Crippen molar-refractivity contribution in [2.24, 2.45) is 16.6 Å². The van der Waals surface area contributed by atoms with E-state index in [1.165, 1.54) is 5.56 Å². The van der Waals surface area contributed by atoms with Crippen LogP contribution in [-0.2, 0) is 6.42 Å². The van der Waals surface area contributed by atoms with Crippen LogP contribution < -0.4 is 20.5 Å². The third kappa shape index (κ3) is 7.11. The van der Waals surface area contributed by atoms with E-state index in [9.17, 15) is 0 Å². The first-order valence-corrected chi connectivity index (χ1v) is 8.54. The number of aryl methyl sites for hydroxylation is 1. The van der Waals surface area contributed by atoms with Gasteiger partial charge in [-0.1, -0.05) is 38.1 Å². The lowest BCUT2D eigenvalue weighted by molar-refractivity contribution is 0.251. The number of nitrogens with one attached hydrogen (secondary N) is 1. The van der Waals surface area contributed by atoms with Gasteiger partial charge in [-0.15, -0.1) is 24.0 Å². The molecule has 3 N–H and O–H groups in total. The van der Waals surface area contributed by atoms with Crippen LogP contribution in [0.2, 0.25) is 0 Å². The Labute approximate surface area is 173 Å². The number of para-hydroxylation sites is 2. The number of hydrogen-bond donors (Lipinski definition) is 2. The van der Waals surface area contributed by atoms with Gasteiger partial charge in [0.25, 0.3) is 0 Å². The molecule has 0 aliphatic carbocycles. The Bertz CT molecular complexity index is 690. The van der Waals surface area contributed by atoms with Gasteiger partial charge in [-0.2, -0.15) is 0 Å². The predicted molar refractivity (Wildman–Crippen MR) is 119 cm³/mol. The molecule has 0 amide bonds. The van der Waals surface area contributed by atoms with Crippen LogP contribution in [0.5, 0.6) is 11.5 Å². The average molecular weight is 469 g/mol. The zero-order valence-corrected chi connectivity index (χ0v) is 17.9. The van der Waals surface area contributed by atoms with Gasteiger partial charge in [0, 0.05) is 18.2 Å². The number of anilines is 1. The van der Waals surface area contributed by atoms with Crippen LogP contribution in [0, 0.1) is 5.92 Å². The van der Waals surface area contributed by atoms with Crippen molar-refractivity contribution in [1.82, 2.24) is 0 Å². The second-order valence-corrected chi connectivity index (χ2v) is 5.97. The number of halogens is 1. The zero-order valence-electron chi connectivity index (χ0n) is 15.6. The highest BCUT2D eigenvalue weighted by molar-refractivity contribution is 14.0. The normalized spacial score (nSPS) is 12.0. The summed E-state index contributed by atoms with van der Waals surface area (Å²) >= 11 is 0. The first-order chi connectivity index (χ1) is 12.1. The molecule has 2 aromatic carbocycles. The molecular weight excluding hydrogens is 441 g/mol. The minimum absolute atomic E-state index is 0. The van der Waals surface area contributed by atoms with E-state index >= 15 is 0 Å². The Morgan fingerprint density at radius 3 is 2.38 bits per heavy atom. The monoisotopic (exact) mass is 469 g/mol. The van der Waals surface area contributed by atoms with Crippen LogP contribution in [0.15, 0.2) is 53.5 Å². The fourth-order valence-corrected chi connectivity index (χ4v) is 2.29. The van der Waals surface area contributed by atoms with Gasteiger partial charge in [0.1, 0.15) is 0 Å². The maximum Gasteiger partial charge on any atom is 0.193 e. The molecule has 0 saturated carbocycles. The van der Waals surface area contributed by atoms with E-state index < -0.39 is 0 Å². The summed E-state index contributed by atoms with van der Waals surface area (Å²) in [4.78, 5) is 4.39. The Morgan fingerprint density at radius 2 is 1.77 bits per heavy atom. The van der Waals surface area contributed by atoms with Gasteiger partial charge >= 0.3 is 0 Å². The van der Waals surface area contributed by atoms with Gasteiger partial charge in [-0.05, 0) is 36.2 Å². The van der Waals surface area contributed by atoms with Gasteiger partial charge in [0.05, 0.1) is 13.7 Å². The molecule has 0 heterocycles. The van der Waals surface area contributed by atoms with E-state index in [-0.39, 0.29) is 29.9 Å². The number of ether oxygens (including phenoxy) is 2. The van der Waals surface area contributed by atoms with Crippen LogP contribution in [-0.4, -0.2) is 26.2 Å². The number of nitrogens with two attached hydrogens (primary N) is 1. The predicted octanol–water partition coefficient (Wildman–Crippen LogP) is 4.32. The number of guanidine groups is 1. The quantitative estimate of drug-likeness (QED) is 0.344. The van der Waals surface area contributed by atoms with E-state index in [2.05, 4.69) is 36.3 Å². The molecule has 26 heavy (non-hydrogen) atoms. The molecule has 6 heteroatoms. The van der Waals surface area contributed by atoms with Crippen LogP contribution in [0.4, 0.5) is 5.69 Å². The standard InChI is InChI=1S/C20H27N3O2.HI/c1-4-16-9-11-17(12-10-16)23-20(21)22-13-15(2)14-25-19-8-6-5-7-18(19)24-3;/h5-12,15H,4,13-14H2,1-3H3,(H3,21,22,23);1H. The summed E-state index contributed by atoms with van der Waals surface area (Å²) in [7, 11) is 1.63. The minimum Gasteiger partial charge on any atom is -0.493 e. The second-order valence-electron chi connectivity index (χ2n) is 5.97. The molecule has 0 spiro atoms. The van der Waals surface area contributed by atoms with Crippen molar-refractivity contribution >= 4 is 35.6 Å². The highest BCUT2D eigenvalue weighted by atomic mass is 127. The molecule has 1 unspecified atom stereocenters. The van der Waals surface area contributed by atoms with Crippen molar-refractivity contribution in [3.63, 3.8) is 0 Å². The Kier molecular flexibility index (Phi) is 9.87. The van der Waals surface area contributed by atoms with Gasteiger partial charge in [0.2, 0.25) is 0 Å². The third-order valence-electron chi connectivity index (χ3n) is 3.80. The molecule has 2 aromatic rings. The van der Waals surface area contributed by atoms with E-state index in [1.54, 1.807) is 7.11 Å². The number of nitrogens with zero attached hydrogens (tertiary/aromatic N) is 1. The minimum atomic E-state index is 0.